The van der Waals surface area contributed by atoms with Gasteiger partial charge in [-0.2, -0.15) is 0 Å². The van der Waals surface area contributed by atoms with Crippen molar-refractivity contribution < 1.29 is 44.5 Å². The molecule has 0 amide bonds. The zero-order valence-electron chi connectivity index (χ0n) is 32.6. The number of nitrogens with one attached hydrogen (secondary N) is 2. The fourth-order valence-electron chi connectivity index (χ4n) is 9.34. The minimum absolute atomic E-state index is 0.00874. The molecular formula is C45H53N3O9. The lowest BCUT2D eigenvalue weighted by atomic mass is 9.70. The van der Waals surface area contributed by atoms with E-state index in [4.69, 9.17) is 18.9 Å². The van der Waals surface area contributed by atoms with Crippen LogP contribution in [0.1, 0.15) is 63.8 Å². The molecule has 0 aromatic heterocycles. The van der Waals surface area contributed by atoms with E-state index in [0.717, 1.165) is 61.7 Å². The van der Waals surface area contributed by atoms with E-state index in [1.165, 1.54) is 5.56 Å². The molecule has 12 nitrogen and oxygen atoms in total. The average molecular weight is 780 g/mol. The van der Waals surface area contributed by atoms with Crippen LogP contribution in [0.2, 0.25) is 0 Å². The number of phenols is 2. The minimum atomic E-state index is -0.959. The van der Waals surface area contributed by atoms with Crippen LogP contribution in [0.5, 0.6) is 28.7 Å². The molecule has 57 heavy (non-hydrogen) atoms. The molecule has 0 radical (unpaired) electrons. The summed E-state index contributed by atoms with van der Waals surface area (Å²) in [4.78, 5) is 4.59. The second-order valence-corrected chi connectivity index (χ2v) is 15.6. The van der Waals surface area contributed by atoms with Gasteiger partial charge in [-0.25, -0.2) is 0 Å². The fraction of sp³-hybridized carbons (Fsp3) is 0.444. The SMILES string of the molecule is CNCO[C@]1(CNC)Cc2c3c(c4c(c2O[C@@H]1c1cc(CCCO)c(O)c(OCCO)c1)CC[C@H](CO)O4)-c1ccc(O)cc1[C@@H](Cc1ccc2c(c1)=CCN=2)C3. The van der Waals surface area contributed by atoms with Crippen molar-refractivity contribution in [3.05, 3.63) is 98.1 Å². The van der Waals surface area contributed by atoms with E-state index in [1.807, 2.05) is 32.3 Å². The first-order valence-electron chi connectivity index (χ1n) is 20.1. The van der Waals surface area contributed by atoms with Crippen LogP contribution in [-0.4, -0.2) is 97.6 Å². The summed E-state index contributed by atoms with van der Waals surface area (Å²) in [5.41, 5.74) is 7.63. The van der Waals surface area contributed by atoms with Crippen LogP contribution in [0.3, 0.4) is 0 Å². The topological polar surface area (TPSA) is 174 Å². The van der Waals surface area contributed by atoms with Crippen molar-refractivity contribution >= 4 is 6.08 Å². The minimum Gasteiger partial charge on any atom is -0.508 e. The molecule has 302 valence electrons. The predicted molar refractivity (Wildman–Crippen MR) is 215 cm³/mol. The summed E-state index contributed by atoms with van der Waals surface area (Å²) in [6, 6.07) is 15.8. The van der Waals surface area contributed by atoms with Crippen molar-refractivity contribution in [3.63, 3.8) is 0 Å². The van der Waals surface area contributed by atoms with Crippen molar-refractivity contribution in [1.29, 1.82) is 0 Å². The van der Waals surface area contributed by atoms with Crippen LogP contribution < -0.4 is 35.4 Å². The highest BCUT2D eigenvalue weighted by molar-refractivity contribution is 5.85. The molecule has 7 N–H and O–H groups in total. The number of hydrogen-bond acceptors (Lipinski definition) is 12. The summed E-state index contributed by atoms with van der Waals surface area (Å²) >= 11 is 0. The maximum atomic E-state index is 11.3. The van der Waals surface area contributed by atoms with E-state index >= 15 is 0 Å². The first-order valence-corrected chi connectivity index (χ1v) is 20.1. The van der Waals surface area contributed by atoms with Gasteiger partial charge in [0.05, 0.1) is 31.8 Å². The molecule has 12 heteroatoms. The number of nitrogens with zero attached hydrogens (tertiary/aromatic N) is 1. The molecule has 4 aromatic carbocycles. The van der Waals surface area contributed by atoms with Crippen LogP contribution in [0.15, 0.2) is 53.5 Å². The van der Waals surface area contributed by atoms with Crippen molar-refractivity contribution in [2.75, 3.05) is 60.3 Å². The summed E-state index contributed by atoms with van der Waals surface area (Å²) in [5.74, 6) is 1.85. The van der Waals surface area contributed by atoms with Gasteiger partial charge in [-0.05, 0) is 134 Å². The Morgan fingerprint density at radius 2 is 1.81 bits per heavy atom. The van der Waals surface area contributed by atoms with Gasteiger partial charge < -0.3 is 49.8 Å². The van der Waals surface area contributed by atoms with E-state index in [-0.39, 0.29) is 62.4 Å². The molecule has 0 saturated carbocycles. The van der Waals surface area contributed by atoms with Gasteiger partial charge in [0, 0.05) is 36.3 Å². The molecule has 4 atom stereocenters. The van der Waals surface area contributed by atoms with Gasteiger partial charge >= 0.3 is 0 Å². The molecule has 0 saturated heterocycles. The molecule has 3 heterocycles. The number of phenolic OH excluding ortho intramolecular Hbond substituents is 2. The number of aliphatic hydroxyl groups excluding tert-OH is 3. The number of fused-ring (bicyclic) bond motifs is 9. The van der Waals surface area contributed by atoms with Crippen LogP contribution in [-0.2, 0) is 36.8 Å². The number of ether oxygens (including phenoxy) is 4. The summed E-state index contributed by atoms with van der Waals surface area (Å²) < 4.78 is 26.8. The maximum absolute atomic E-state index is 11.3. The quantitative estimate of drug-likeness (QED) is 0.0885. The average Bonchev–Trinajstić information content (AvgIpc) is 3.70. The molecule has 3 aliphatic heterocycles. The second kappa shape index (κ2) is 16.7. The maximum Gasteiger partial charge on any atom is 0.161 e. The Labute approximate surface area is 332 Å². The Kier molecular flexibility index (Phi) is 11.4. The summed E-state index contributed by atoms with van der Waals surface area (Å²) in [5, 5.41) is 60.6. The van der Waals surface area contributed by atoms with Crippen LogP contribution in [0.25, 0.3) is 17.2 Å². The molecule has 0 unspecified atom stereocenters. The zero-order chi connectivity index (χ0) is 39.7. The van der Waals surface area contributed by atoms with E-state index < -0.39 is 11.7 Å². The zero-order valence-corrected chi connectivity index (χ0v) is 32.6. The molecule has 0 spiro atoms. The number of aliphatic hydroxyl groups is 3. The highest BCUT2D eigenvalue weighted by atomic mass is 16.6. The lowest BCUT2D eigenvalue weighted by Gasteiger charge is -2.47. The number of aromatic hydroxyl groups is 2. The van der Waals surface area contributed by atoms with Crippen LogP contribution >= 0.6 is 0 Å². The summed E-state index contributed by atoms with van der Waals surface area (Å²) in [7, 11) is 3.73. The van der Waals surface area contributed by atoms with Gasteiger partial charge in [-0.1, -0.05) is 18.2 Å². The third kappa shape index (κ3) is 7.35. The van der Waals surface area contributed by atoms with Gasteiger partial charge in [0.2, 0.25) is 0 Å². The monoisotopic (exact) mass is 779 g/mol. The van der Waals surface area contributed by atoms with Crippen molar-refractivity contribution in [2.45, 2.75) is 68.7 Å². The van der Waals surface area contributed by atoms with Crippen LogP contribution in [0, 0.1) is 0 Å². The standard InChI is InChI=1S/C45H53N3O9/c1-46-24-45(55-25-47-2)22-37-36-19-29(17-26-5-10-38-27(16-26)11-12-48-38)35-21-31(52)6-8-33(35)40(36)43-34(9-7-32(23-51)56-43)42(37)57-44(45)30-18-28(4-3-13-49)41(53)39(20-30)54-15-14-50/h5-6,8,10-11,16,18,20-21,29,32,44,46-47,49-53H,3-4,7,9,12-15,17,19,22-25H2,1-2H3/t29-,32+,44+,45-/m0/s1. The number of aryl methyl sites for hydroxylation is 1. The highest BCUT2D eigenvalue weighted by Crippen LogP contribution is 2.57. The number of rotatable bonds is 15. The van der Waals surface area contributed by atoms with E-state index in [9.17, 15) is 25.5 Å². The lowest BCUT2D eigenvalue weighted by Crippen LogP contribution is -2.54. The van der Waals surface area contributed by atoms with Gasteiger partial charge in [-0.15, -0.1) is 0 Å². The molecule has 1 aliphatic carbocycles. The van der Waals surface area contributed by atoms with Crippen molar-refractivity contribution in [3.8, 4) is 39.9 Å². The van der Waals surface area contributed by atoms with Gasteiger partial charge in [0.25, 0.3) is 0 Å². The largest absolute Gasteiger partial charge is 0.508 e. The Morgan fingerprint density at radius 3 is 2.60 bits per heavy atom. The van der Waals surface area contributed by atoms with Gasteiger partial charge in [-0.3, -0.25) is 10.3 Å². The van der Waals surface area contributed by atoms with Crippen molar-refractivity contribution in [2.24, 2.45) is 4.99 Å². The lowest BCUT2D eigenvalue weighted by molar-refractivity contribution is -0.128. The van der Waals surface area contributed by atoms with E-state index in [2.05, 4.69) is 39.9 Å². The third-order valence-corrected chi connectivity index (χ3v) is 11.9. The first kappa shape index (κ1) is 39.2. The molecule has 4 aromatic rings. The number of hydrogen-bond donors (Lipinski definition) is 7. The first-order chi connectivity index (χ1) is 27.8. The predicted octanol–water partition coefficient (Wildman–Crippen LogP) is 2.87. The van der Waals surface area contributed by atoms with E-state index in [0.29, 0.717) is 62.9 Å². The highest BCUT2D eigenvalue weighted by Gasteiger charge is 2.50. The van der Waals surface area contributed by atoms with E-state index in [1.54, 1.807) is 12.1 Å². The molecule has 0 bridgehead atoms. The molecule has 4 aliphatic rings. The number of likely N-dealkylation sites (N-methyl/N-ethyl adjacent to an activating group) is 1. The third-order valence-electron chi connectivity index (χ3n) is 11.9. The molecule has 0 fully saturated rings. The summed E-state index contributed by atoms with van der Waals surface area (Å²) in [6.45, 7) is 0.938. The second-order valence-electron chi connectivity index (χ2n) is 15.6. The molecule has 8 rings (SSSR count). The smallest absolute Gasteiger partial charge is 0.161 e. The Bertz CT molecular complexity index is 2230. The Morgan fingerprint density at radius 1 is 0.930 bits per heavy atom. The molecular weight excluding hydrogens is 727 g/mol. The fourth-order valence-corrected chi connectivity index (χ4v) is 9.34. The Hall–Kier alpha value is -4.69. The summed E-state index contributed by atoms with van der Waals surface area (Å²) in [6.07, 6.45) is 5.01. The van der Waals surface area contributed by atoms with Gasteiger partial charge in [0.1, 0.15) is 35.6 Å². The van der Waals surface area contributed by atoms with Gasteiger partial charge in [0.15, 0.2) is 17.6 Å². The Balaban J connectivity index is 1.33. The number of benzene rings is 4. The van der Waals surface area contributed by atoms with Crippen LogP contribution in [0.4, 0.5) is 0 Å². The normalized spacial score (nSPS) is 21.5. The van der Waals surface area contributed by atoms with Crippen molar-refractivity contribution in [1.82, 2.24) is 10.6 Å².